The van der Waals surface area contributed by atoms with Crippen LogP contribution in [0.5, 0.6) is 0 Å². The predicted octanol–water partition coefficient (Wildman–Crippen LogP) is 2.45. The number of nitrogens with one attached hydrogen (secondary N) is 2. The molecule has 1 amide bonds. The summed E-state index contributed by atoms with van der Waals surface area (Å²) < 4.78 is 1.87. The highest BCUT2D eigenvalue weighted by Crippen LogP contribution is 2.22. The third-order valence-corrected chi connectivity index (χ3v) is 4.65. The predicted molar refractivity (Wildman–Crippen MR) is 108 cm³/mol. The minimum Gasteiger partial charge on any atom is -0.326 e. The van der Waals surface area contributed by atoms with E-state index >= 15 is 0 Å². The highest BCUT2D eigenvalue weighted by molar-refractivity contribution is 5.92. The molecule has 27 heavy (non-hydrogen) atoms. The van der Waals surface area contributed by atoms with Crippen molar-refractivity contribution in [3.8, 4) is 5.69 Å². The lowest BCUT2D eigenvalue weighted by atomic mass is 10.1. The van der Waals surface area contributed by atoms with Gasteiger partial charge in [0.1, 0.15) is 6.54 Å². The van der Waals surface area contributed by atoms with Crippen LogP contribution in [-0.2, 0) is 11.3 Å². The van der Waals surface area contributed by atoms with Crippen LogP contribution in [0.25, 0.3) is 5.69 Å². The first-order chi connectivity index (χ1) is 12.9. The largest absolute Gasteiger partial charge is 0.326 e. The molecule has 3 aromatic rings. The number of hydrogen-bond acceptors (Lipinski definition) is 2. The van der Waals surface area contributed by atoms with Gasteiger partial charge in [-0.15, -0.1) is 0 Å². The number of rotatable bonds is 6. The van der Waals surface area contributed by atoms with E-state index in [0.29, 0.717) is 6.54 Å². The smallest absolute Gasteiger partial charge is 0.279 e. The number of quaternary nitrogens is 1. The van der Waals surface area contributed by atoms with Gasteiger partial charge in [0, 0.05) is 5.56 Å². The molecule has 0 aliphatic rings. The van der Waals surface area contributed by atoms with Gasteiger partial charge < -0.3 is 10.2 Å². The van der Waals surface area contributed by atoms with E-state index in [2.05, 4.69) is 41.6 Å². The number of carbonyl (C=O) groups is 1. The molecule has 0 saturated carbocycles. The minimum absolute atomic E-state index is 0.00146. The van der Waals surface area contributed by atoms with Crippen molar-refractivity contribution in [3.05, 3.63) is 77.1 Å². The van der Waals surface area contributed by atoms with Crippen LogP contribution in [0.15, 0.2) is 54.6 Å². The Hall–Kier alpha value is -2.92. The maximum Gasteiger partial charge on any atom is 0.279 e. The molecule has 0 bridgehead atoms. The Morgan fingerprint density at radius 1 is 1.04 bits per heavy atom. The summed E-state index contributed by atoms with van der Waals surface area (Å²) in [5.41, 5.74) is 6.02. The molecule has 2 N–H and O–H groups in total. The number of hydrogen-bond donors (Lipinski definition) is 2. The number of anilines is 1. The van der Waals surface area contributed by atoms with Gasteiger partial charge in [-0.3, -0.25) is 4.79 Å². The fraction of sp³-hybridized carbons (Fsp3) is 0.273. The number of likely N-dealkylation sites (N-methyl/N-ethyl adjacent to an activating group) is 1. The number of aromatic nitrogens is 2. The topological polar surface area (TPSA) is 51.4 Å². The lowest BCUT2D eigenvalue weighted by Gasteiger charge is -2.14. The molecule has 0 aliphatic heterocycles. The molecule has 1 unspecified atom stereocenters. The summed E-state index contributed by atoms with van der Waals surface area (Å²) in [6.45, 7) is 7.20. The Balaban J connectivity index is 1.65. The lowest BCUT2D eigenvalue weighted by Crippen LogP contribution is -3.08. The third kappa shape index (κ3) is 4.63. The number of para-hydroxylation sites is 1. The fourth-order valence-electron chi connectivity index (χ4n) is 3.22. The molecule has 1 atom stereocenters. The molecule has 0 spiro atoms. The van der Waals surface area contributed by atoms with Crippen LogP contribution >= 0.6 is 0 Å². The highest BCUT2D eigenvalue weighted by Gasteiger charge is 2.17. The minimum atomic E-state index is -0.00146. The first kappa shape index (κ1) is 18.9. The van der Waals surface area contributed by atoms with Gasteiger partial charge in [0.15, 0.2) is 6.54 Å². The molecular formula is C22H27N4O+. The Bertz CT molecular complexity index is 913. The average molecular weight is 363 g/mol. The molecule has 0 radical (unpaired) electrons. The molecule has 5 heteroatoms. The van der Waals surface area contributed by atoms with Gasteiger partial charge in [0.05, 0.1) is 29.8 Å². The zero-order valence-electron chi connectivity index (χ0n) is 16.4. The summed E-state index contributed by atoms with van der Waals surface area (Å²) >= 11 is 0. The van der Waals surface area contributed by atoms with E-state index in [9.17, 15) is 4.79 Å². The van der Waals surface area contributed by atoms with E-state index in [1.165, 1.54) is 11.1 Å². The van der Waals surface area contributed by atoms with Gasteiger partial charge in [-0.1, -0.05) is 48.0 Å². The molecule has 0 aliphatic carbocycles. The van der Waals surface area contributed by atoms with Gasteiger partial charge in [0.25, 0.3) is 5.91 Å². The highest BCUT2D eigenvalue weighted by atomic mass is 16.2. The Morgan fingerprint density at radius 2 is 1.70 bits per heavy atom. The van der Waals surface area contributed by atoms with Gasteiger partial charge in [-0.05, 0) is 32.9 Å². The maximum atomic E-state index is 12.5. The summed E-state index contributed by atoms with van der Waals surface area (Å²) in [6, 6.07) is 18.4. The van der Waals surface area contributed by atoms with Gasteiger partial charge in [-0.2, -0.15) is 5.10 Å². The Morgan fingerprint density at radius 3 is 2.37 bits per heavy atom. The Kier molecular flexibility index (Phi) is 5.72. The van der Waals surface area contributed by atoms with Crippen LogP contribution in [0.3, 0.4) is 0 Å². The second-order valence-corrected chi connectivity index (χ2v) is 7.14. The van der Waals surface area contributed by atoms with E-state index < -0.39 is 0 Å². The van der Waals surface area contributed by atoms with Crippen molar-refractivity contribution < 1.29 is 9.69 Å². The van der Waals surface area contributed by atoms with Crippen molar-refractivity contribution in [1.29, 1.82) is 0 Å². The molecule has 3 rings (SSSR count). The van der Waals surface area contributed by atoms with E-state index in [1.807, 2.05) is 55.9 Å². The van der Waals surface area contributed by atoms with E-state index in [4.69, 9.17) is 0 Å². The summed E-state index contributed by atoms with van der Waals surface area (Å²) in [7, 11) is 2.03. The lowest BCUT2D eigenvalue weighted by molar-refractivity contribution is -0.885. The molecule has 1 aromatic heterocycles. The number of nitrogens with zero attached hydrogens (tertiary/aromatic N) is 2. The van der Waals surface area contributed by atoms with Gasteiger partial charge in [0.2, 0.25) is 0 Å². The van der Waals surface area contributed by atoms with E-state index in [0.717, 1.165) is 34.2 Å². The van der Waals surface area contributed by atoms with Crippen molar-refractivity contribution in [1.82, 2.24) is 9.78 Å². The third-order valence-electron chi connectivity index (χ3n) is 4.65. The van der Waals surface area contributed by atoms with Crippen molar-refractivity contribution in [2.45, 2.75) is 27.3 Å². The quantitative estimate of drug-likeness (QED) is 0.707. The number of carbonyl (C=O) groups excluding carboxylic acids is 1. The maximum absolute atomic E-state index is 12.5. The SMILES string of the molecule is Cc1ccc(C[NH+](C)CC(=O)Nc2c(C)nn(-c3ccccc3)c2C)cc1. The number of amides is 1. The fourth-order valence-corrected chi connectivity index (χ4v) is 3.22. The zero-order valence-corrected chi connectivity index (χ0v) is 16.4. The van der Waals surface area contributed by atoms with Gasteiger partial charge in [-0.25, -0.2) is 4.68 Å². The summed E-state index contributed by atoms with van der Waals surface area (Å²) in [6.07, 6.45) is 0. The van der Waals surface area contributed by atoms with Crippen LogP contribution in [0.1, 0.15) is 22.5 Å². The van der Waals surface area contributed by atoms with Crippen LogP contribution < -0.4 is 10.2 Å². The van der Waals surface area contributed by atoms with Crippen molar-refractivity contribution >= 4 is 11.6 Å². The normalized spacial score (nSPS) is 12.0. The average Bonchev–Trinajstić information content (AvgIpc) is 2.92. The number of aryl methyl sites for hydroxylation is 2. The van der Waals surface area contributed by atoms with Crippen LogP contribution in [0, 0.1) is 20.8 Å². The first-order valence-electron chi connectivity index (χ1n) is 9.22. The summed E-state index contributed by atoms with van der Waals surface area (Å²) in [5, 5.41) is 7.64. The van der Waals surface area contributed by atoms with Crippen LogP contribution in [0.4, 0.5) is 5.69 Å². The van der Waals surface area contributed by atoms with Gasteiger partial charge >= 0.3 is 0 Å². The second kappa shape index (κ2) is 8.18. The van der Waals surface area contributed by atoms with Crippen molar-refractivity contribution in [2.75, 3.05) is 18.9 Å². The molecule has 1 heterocycles. The standard InChI is InChI=1S/C22H26N4O/c1-16-10-12-19(13-11-16)14-25(4)15-21(27)23-22-17(2)24-26(18(22)3)20-8-6-5-7-9-20/h5-13H,14-15H2,1-4H3,(H,23,27)/p+1. The molecule has 140 valence electrons. The first-order valence-corrected chi connectivity index (χ1v) is 9.22. The molecule has 2 aromatic carbocycles. The van der Waals surface area contributed by atoms with Crippen molar-refractivity contribution in [3.63, 3.8) is 0 Å². The van der Waals surface area contributed by atoms with Crippen LogP contribution in [0.2, 0.25) is 0 Å². The summed E-state index contributed by atoms with van der Waals surface area (Å²) in [5.74, 6) is -0.00146. The second-order valence-electron chi connectivity index (χ2n) is 7.14. The zero-order chi connectivity index (χ0) is 19.4. The Labute approximate surface area is 160 Å². The van der Waals surface area contributed by atoms with Crippen LogP contribution in [-0.4, -0.2) is 29.3 Å². The monoisotopic (exact) mass is 363 g/mol. The van der Waals surface area contributed by atoms with E-state index in [-0.39, 0.29) is 5.91 Å². The molecule has 0 fully saturated rings. The molecule has 5 nitrogen and oxygen atoms in total. The molecule has 0 saturated heterocycles. The van der Waals surface area contributed by atoms with E-state index in [1.54, 1.807) is 0 Å². The van der Waals surface area contributed by atoms with Crippen molar-refractivity contribution in [2.24, 2.45) is 0 Å². The number of benzene rings is 2. The molecular weight excluding hydrogens is 336 g/mol. The summed E-state index contributed by atoms with van der Waals surface area (Å²) in [4.78, 5) is 13.7.